The zero-order chi connectivity index (χ0) is 20.0. The molecule has 0 aliphatic carbocycles. The molecule has 0 unspecified atom stereocenters. The molecule has 8 heteroatoms. The first kappa shape index (κ1) is 20.5. The summed E-state index contributed by atoms with van der Waals surface area (Å²) in [7, 11) is 0. The number of carbonyl (C=O) groups is 1. The number of rotatable bonds is 9. The second-order valence-corrected chi connectivity index (χ2v) is 6.95. The molecule has 146 valence electrons. The first-order valence-corrected chi connectivity index (χ1v) is 9.31. The lowest BCUT2D eigenvalue weighted by molar-refractivity contribution is -0.120. The molecule has 0 aromatic carbocycles. The summed E-state index contributed by atoms with van der Waals surface area (Å²) in [5, 5.41) is 2.62. The minimum absolute atomic E-state index is 0.173. The number of amides is 1. The minimum Gasteiger partial charge on any atom is -0.345 e. The van der Waals surface area contributed by atoms with Crippen LogP contribution < -0.4 is 16.6 Å². The highest BCUT2D eigenvalue weighted by Gasteiger charge is 2.19. The number of hydrogen-bond acceptors (Lipinski definition) is 4. The number of aromatic amines is 1. The molecular formula is C19H27N5O3. The molecule has 0 radical (unpaired) electrons. The van der Waals surface area contributed by atoms with Gasteiger partial charge in [-0.15, -0.1) is 6.42 Å². The molecule has 0 bridgehead atoms. The largest absolute Gasteiger partial charge is 0.345 e. The molecule has 2 aromatic rings. The number of nitrogens with one attached hydrogen (secondary N) is 2. The zero-order valence-corrected chi connectivity index (χ0v) is 16.2. The third-order valence-corrected chi connectivity index (χ3v) is 4.21. The number of terminal acetylenes is 1. The number of carbonyl (C=O) groups excluding carboxylic acids is 1. The van der Waals surface area contributed by atoms with Crippen molar-refractivity contribution in [3.63, 3.8) is 0 Å². The first-order chi connectivity index (χ1) is 12.9. The van der Waals surface area contributed by atoms with Crippen molar-refractivity contribution in [2.45, 2.75) is 59.5 Å². The summed E-state index contributed by atoms with van der Waals surface area (Å²) < 4.78 is 3.34. The molecule has 0 saturated heterocycles. The molecule has 1 amide bonds. The molecule has 2 aromatic heterocycles. The molecule has 8 nitrogen and oxygen atoms in total. The van der Waals surface area contributed by atoms with Gasteiger partial charge < -0.3 is 9.88 Å². The molecule has 0 spiro atoms. The lowest BCUT2D eigenvalue weighted by Crippen LogP contribution is -2.31. The third-order valence-electron chi connectivity index (χ3n) is 4.21. The number of nitrogens with zero attached hydrogens (tertiary/aromatic N) is 3. The highest BCUT2D eigenvalue weighted by Crippen LogP contribution is 2.16. The van der Waals surface area contributed by atoms with Crippen LogP contribution in [0, 0.1) is 18.3 Å². The summed E-state index contributed by atoms with van der Waals surface area (Å²) in [5.74, 6) is 3.08. The van der Waals surface area contributed by atoms with Crippen molar-refractivity contribution < 1.29 is 4.79 Å². The fraction of sp³-hybridized carbons (Fsp3) is 0.579. The Labute approximate surface area is 158 Å². The molecular weight excluding hydrogens is 346 g/mol. The van der Waals surface area contributed by atoms with Crippen LogP contribution in [0.4, 0.5) is 0 Å². The number of H-pyrrole nitrogens is 1. The van der Waals surface area contributed by atoms with Crippen LogP contribution in [-0.4, -0.2) is 31.6 Å². The van der Waals surface area contributed by atoms with E-state index >= 15 is 0 Å². The van der Waals surface area contributed by atoms with Gasteiger partial charge in [0.05, 0.1) is 6.54 Å². The van der Waals surface area contributed by atoms with Crippen molar-refractivity contribution >= 4 is 17.1 Å². The molecule has 0 aliphatic heterocycles. The number of aromatic nitrogens is 4. The second-order valence-electron chi connectivity index (χ2n) is 6.95. The highest BCUT2D eigenvalue weighted by molar-refractivity contribution is 5.76. The van der Waals surface area contributed by atoms with Crippen molar-refractivity contribution in [2.24, 2.45) is 5.92 Å². The van der Waals surface area contributed by atoms with Gasteiger partial charge in [0.2, 0.25) is 5.91 Å². The molecule has 27 heavy (non-hydrogen) atoms. The Morgan fingerprint density at radius 3 is 2.70 bits per heavy atom. The van der Waals surface area contributed by atoms with E-state index in [4.69, 9.17) is 6.42 Å². The van der Waals surface area contributed by atoms with Gasteiger partial charge in [-0.25, -0.2) is 9.78 Å². The van der Waals surface area contributed by atoms with Crippen molar-refractivity contribution in [3.8, 4) is 12.3 Å². The lowest BCUT2D eigenvalue weighted by Gasteiger charge is -2.11. The summed E-state index contributed by atoms with van der Waals surface area (Å²) in [4.78, 5) is 43.6. The van der Waals surface area contributed by atoms with Crippen LogP contribution in [0.5, 0.6) is 0 Å². The van der Waals surface area contributed by atoms with Gasteiger partial charge in [0.15, 0.2) is 11.2 Å². The van der Waals surface area contributed by atoms with Gasteiger partial charge in [0.25, 0.3) is 5.56 Å². The fourth-order valence-corrected chi connectivity index (χ4v) is 2.96. The molecule has 2 heterocycles. The average molecular weight is 373 g/mol. The Balaban J connectivity index is 2.50. The van der Waals surface area contributed by atoms with E-state index in [9.17, 15) is 14.4 Å². The van der Waals surface area contributed by atoms with Gasteiger partial charge in [0, 0.05) is 25.9 Å². The number of unbranched alkanes of at least 4 members (excludes halogenated alkanes) is 1. The van der Waals surface area contributed by atoms with Crippen LogP contribution in [0.15, 0.2) is 9.59 Å². The summed E-state index contributed by atoms with van der Waals surface area (Å²) in [6.07, 6.45) is 7.44. The Bertz CT molecular complexity index is 959. The van der Waals surface area contributed by atoms with Crippen molar-refractivity contribution in [1.82, 2.24) is 24.4 Å². The average Bonchev–Trinajstić information content (AvgIpc) is 2.96. The molecule has 0 aliphatic rings. The van der Waals surface area contributed by atoms with Crippen LogP contribution >= 0.6 is 0 Å². The molecule has 0 saturated carbocycles. The number of aryl methyl sites for hydroxylation is 2. The molecule has 2 N–H and O–H groups in total. The van der Waals surface area contributed by atoms with Gasteiger partial charge in [0.1, 0.15) is 5.82 Å². The number of imidazole rings is 1. The van der Waals surface area contributed by atoms with E-state index in [1.54, 1.807) is 0 Å². The Hall–Kier alpha value is -2.82. The quantitative estimate of drug-likeness (QED) is 0.641. The fourth-order valence-electron chi connectivity index (χ4n) is 2.96. The second kappa shape index (κ2) is 9.21. The lowest BCUT2D eigenvalue weighted by atomic mass is 10.2. The molecule has 0 atom stereocenters. The van der Waals surface area contributed by atoms with E-state index in [2.05, 4.69) is 21.2 Å². The smallest absolute Gasteiger partial charge is 0.330 e. The monoisotopic (exact) mass is 373 g/mol. The molecule has 2 rings (SSSR count). The maximum atomic E-state index is 12.5. The topological polar surface area (TPSA) is 102 Å². The Kier molecular flexibility index (Phi) is 6.99. The summed E-state index contributed by atoms with van der Waals surface area (Å²) in [6, 6.07) is 0. The van der Waals surface area contributed by atoms with E-state index in [-0.39, 0.29) is 24.8 Å². The third kappa shape index (κ3) is 4.88. The van der Waals surface area contributed by atoms with Crippen LogP contribution in [0.2, 0.25) is 0 Å². The van der Waals surface area contributed by atoms with E-state index in [1.165, 1.54) is 4.57 Å². The van der Waals surface area contributed by atoms with Crippen LogP contribution in [-0.2, 0) is 24.3 Å². The van der Waals surface area contributed by atoms with E-state index < -0.39 is 11.2 Å². The van der Waals surface area contributed by atoms with E-state index in [0.29, 0.717) is 36.5 Å². The van der Waals surface area contributed by atoms with Gasteiger partial charge >= 0.3 is 5.69 Å². The van der Waals surface area contributed by atoms with Crippen molar-refractivity contribution in [3.05, 3.63) is 26.7 Å². The maximum Gasteiger partial charge on any atom is 0.330 e. The Morgan fingerprint density at radius 2 is 2.07 bits per heavy atom. The normalized spacial score (nSPS) is 11.1. The van der Waals surface area contributed by atoms with Crippen molar-refractivity contribution in [1.29, 1.82) is 0 Å². The minimum atomic E-state index is -0.450. The predicted molar refractivity (Wildman–Crippen MR) is 105 cm³/mol. The Morgan fingerprint density at radius 1 is 1.33 bits per heavy atom. The summed E-state index contributed by atoms with van der Waals surface area (Å²) >= 11 is 0. The number of hydrogen-bond donors (Lipinski definition) is 2. The zero-order valence-electron chi connectivity index (χ0n) is 16.2. The molecule has 0 fully saturated rings. The maximum absolute atomic E-state index is 12.5. The van der Waals surface area contributed by atoms with Gasteiger partial charge in [-0.05, 0) is 12.3 Å². The van der Waals surface area contributed by atoms with Gasteiger partial charge in [-0.1, -0.05) is 33.1 Å². The predicted octanol–water partition coefficient (Wildman–Crippen LogP) is 1.02. The SMILES string of the molecule is C#CCNC(=O)CCc1nc2c(c(=O)[nH]c(=O)n2CCCC)n1CC(C)C. The number of fused-ring (bicyclic) bond motifs is 1. The standard InChI is InChI=1S/C19H27N5O3/c1-5-7-11-23-17-16(18(26)22-19(23)27)24(12-13(3)4)14(21-17)8-9-15(25)20-10-6-2/h2,13H,5,7-12H2,1,3-4H3,(H,20,25)(H,22,26,27). The van der Waals surface area contributed by atoms with Crippen LogP contribution in [0.1, 0.15) is 45.9 Å². The highest BCUT2D eigenvalue weighted by atomic mass is 16.2. The van der Waals surface area contributed by atoms with E-state index in [0.717, 1.165) is 12.8 Å². The van der Waals surface area contributed by atoms with Crippen LogP contribution in [0.3, 0.4) is 0 Å². The first-order valence-electron chi connectivity index (χ1n) is 9.31. The van der Waals surface area contributed by atoms with Gasteiger partial charge in [-0.2, -0.15) is 0 Å². The van der Waals surface area contributed by atoms with Crippen LogP contribution in [0.25, 0.3) is 11.2 Å². The van der Waals surface area contributed by atoms with E-state index in [1.807, 2.05) is 25.3 Å². The summed E-state index contributed by atoms with van der Waals surface area (Å²) in [6.45, 7) is 7.35. The van der Waals surface area contributed by atoms with Crippen molar-refractivity contribution in [2.75, 3.05) is 6.54 Å². The summed E-state index contributed by atoms with van der Waals surface area (Å²) in [5.41, 5.74) is -0.122. The van der Waals surface area contributed by atoms with Gasteiger partial charge in [-0.3, -0.25) is 19.1 Å².